The number of carbonyl (C=O) groups excluding carboxylic acids is 1. The van der Waals surface area contributed by atoms with E-state index in [2.05, 4.69) is 4.90 Å². The Labute approximate surface area is 202 Å². The number of piperazine rings is 1. The molecule has 4 rings (SSSR count). The summed E-state index contributed by atoms with van der Waals surface area (Å²) in [5.41, 5.74) is 1.48. The van der Waals surface area contributed by atoms with Crippen LogP contribution in [0.15, 0.2) is 30.3 Å². The monoisotopic (exact) mass is 489 g/mol. The van der Waals surface area contributed by atoms with Gasteiger partial charge >= 0.3 is 0 Å². The van der Waals surface area contributed by atoms with Crippen molar-refractivity contribution < 1.29 is 19.0 Å². The fourth-order valence-electron chi connectivity index (χ4n) is 3.82. The third-order valence-electron chi connectivity index (χ3n) is 5.33. The third-order valence-corrected chi connectivity index (χ3v) is 6.65. The summed E-state index contributed by atoms with van der Waals surface area (Å²) in [6.45, 7) is 9.77. The fraction of sp³-hybridized carbons (Fsp3) is 0.417. The zero-order valence-corrected chi connectivity index (χ0v) is 20.7. The van der Waals surface area contributed by atoms with Gasteiger partial charge in [-0.3, -0.25) is 4.79 Å². The van der Waals surface area contributed by atoms with E-state index in [0.29, 0.717) is 73.8 Å². The predicted octanol–water partition coefficient (Wildman–Crippen LogP) is 5.11. The van der Waals surface area contributed by atoms with Crippen LogP contribution in [0, 0.1) is 0 Å². The Morgan fingerprint density at radius 1 is 0.970 bits per heavy atom. The molecule has 1 amide bonds. The van der Waals surface area contributed by atoms with Gasteiger partial charge in [-0.2, -0.15) is 0 Å². The van der Waals surface area contributed by atoms with Crippen LogP contribution >= 0.6 is 22.9 Å². The van der Waals surface area contributed by atoms with E-state index < -0.39 is 0 Å². The van der Waals surface area contributed by atoms with Crippen molar-refractivity contribution in [1.82, 2.24) is 9.88 Å². The maximum absolute atomic E-state index is 13.3. The molecule has 0 unspecified atom stereocenters. The third kappa shape index (κ3) is 5.12. The molecule has 1 saturated heterocycles. The van der Waals surface area contributed by atoms with Gasteiger partial charge in [-0.1, -0.05) is 22.9 Å². The largest absolute Gasteiger partial charge is 0.490 e. The Morgan fingerprint density at radius 3 is 2.21 bits per heavy atom. The topological polar surface area (TPSA) is 64.1 Å². The second-order valence-electron chi connectivity index (χ2n) is 7.49. The highest BCUT2D eigenvalue weighted by Crippen LogP contribution is 2.39. The van der Waals surface area contributed by atoms with Crippen molar-refractivity contribution >= 4 is 44.2 Å². The molecule has 1 aliphatic heterocycles. The summed E-state index contributed by atoms with van der Waals surface area (Å²) in [5, 5.41) is 1.67. The van der Waals surface area contributed by atoms with Gasteiger partial charge in [-0.25, -0.2) is 4.98 Å². The van der Waals surface area contributed by atoms with Crippen molar-refractivity contribution in [3.8, 4) is 17.2 Å². The number of rotatable bonds is 8. The molecule has 1 aliphatic rings. The van der Waals surface area contributed by atoms with E-state index in [1.54, 1.807) is 23.5 Å². The molecule has 176 valence electrons. The van der Waals surface area contributed by atoms with Crippen LogP contribution in [0.5, 0.6) is 17.2 Å². The summed E-state index contributed by atoms with van der Waals surface area (Å²) in [4.78, 5) is 22.1. The van der Waals surface area contributed by atoms with Gasteiger partial charge in [0.15, 0.2) is 16.6 Å². The van der Waals surface area contributed by atoms with Crippen molar-refractivity contribution in [1.29, 1.82) is 0 Å². The van der Waals surface area contributed by atoms with Crippen molar-refractivity contribution in [2.45, 2.75) is 20.8 Å². The number of anilines is 1. The lowest BCUT2D eigenvalue weighted by Gasteiger charge is -2.34. The molecule has 7 nitrogen and oxygen atoms in total. The van der Waals surface area contributed by atoms with Crippen LogP contribution in [0.3, 0.4) is 0 Å². The molecule has 2 aromatic carbocycles. The average Bonchev–Trinajstić information content (AvgIpc) is 3.24. The molecule has 0 N–H and O–H groups in total. The number of nitrogens with zero attached hydrogens (tertiary/aromatic N) is 3. The van der Waals surface area contributed by atoms with Crippen LogP contribution in [0.2, 0.25) is 5.02 Å². The van der Waals surface area contributed by atoms with E-state index in [-0.39, 0.29) is 5.91 Å². The molecule has 0 spiro atoms. The number of fused-ring (bicyclic) bond motifs is 1. The first-order chi connectivity index (χ1) is 16.0. The summed E-state index contributed by atoms with van der Waals surface area (Å²) < 4.78 is 18.4. The highest BCUT2D eigenvalue weighted by molar-refractivity contribution is 7.22. The second kappa shape index (κ2) is 10.5. The number of amides is 1. The van der Waals surface area contributed by atoms with Crippen LogP contribution < -0.4 is 19.1 Å². The van der Waals surface area contributed by atoms with E-state index in [0.717, 1.165) is 15.3 Å². The lowest BCUT2D eigenvalue weighted by atomic mass is 10.1. The number of thiazole rings is 1. The minimum Gasteiger partial charge on any atom is -0.490 e. The second-order valence-corrected chi connectivity index (χ2v) is 8.93. The van der Waals surface area contributed by atoms with Crippen LogP contribution in [0.25, 0.3) is 10.2 Å². The van der Waals surface area contributed by atoms with E-state index in [4.69, 9.17) is 30.8 Å². The first kappa shape index (κ1) is 23.4. The minimum atomic E-state index is -0.0457. The molecule has 0 aliphatic carbocycles. The molecule has 0 bridgehead atoms. The van der Waals surface area contributed by atoms with Crippen molar-refractivity contribution in [3.63, 3.8) is 0 Å². The summed E-state index contributed by atoms with van der Waals surface area (Å²) in [5.74, 6) is 1.55. The number of hydrogen-bond donors (Lipinski definition) is 0. The van der Waals surface area contributed by atoms with Crippen LogP contribution in [0.4, 0.5) is 5.13 Å². The van der Waals surface area contributed by atoms with Crippen LogP contribution in [-0.4, -0.2) is 61.8 Å². The van der Waals surface area contributed by atoms with Crippen molar-refractivity contribution in [3.05, 3.63) is 40.9 Å². The van der Waals surface area contributed by atoms with Gasteiger partial charge in [0.05, 0.1) is 30.0 Å². The van der Waals surface area contributed by atoms with Gasteiger partial charge in [0.2, 0.25) is 5.75 Å². The minimum absolute atomic E-state index is 0.0457. The van der Waals surface area contributed by atoms with Gasteiger partial charge in [0, 0.05) is 36.8 Å². The number of ether oxygens (including phenoxy) is 3. The normalized spacial score (nSPS) is 13.9. The van der Waals surface area contributed by atoms with E-state index in [1.165, 1.54) is 0 Å². The van der Waals surface area contributed by atoms with E-state index in [1.807, 2.05) is 43.9 Å². The van der Waals surface area contributed by atoms with Gasteiger partial charge in [-0.15, -0.1) is 0 Å². The molecule has 1 fully saturated rings. The Morgan fingerprint density at radius 2 is 1.61 bits per heavy atom. The van der Waals surface area contributed by atoms with Crippen LogP contribution in [0.1, 0.15) is 31.1 Å². The lowest BCUT2D eigenvalue weighted by Crippen LogP contribution is -2.48. The maximum Gasteiger partial charge on any atom is 0.254 e. The molecule has 33 heavy (non-hydrogen) atoms. The smallest absolute Gasteiger partial charge is 0.254 e. The fourth-order valence-corrected chi connectivity index (χ4v) is 5.11. The molecule has 0 radical (unpaired) electrons. The first-order valence-corrected chi connectivity index (χ1v) is 12.4. The summed E-state index contributed by atoms with van der Waals surface area (Å²) >= 11 is 7.74. The Hall–Kier alpha value is -2.71. The SMILES string of the molecule is CCOc1cc(C(=O)N2CCN(c3nc4ccc(Cl)cc4s3)CC2)cc(OCC)c1OCC. The first-order valence-electron chi connectivity index (χ1n) is 11.2. The highest BCUT2D eigenvalue weighted by atomic mass is 35.5. The average molecular weight is 490 g/mol. The maximum atomic E-state index is 13.3. The number of carbonyl (C=O) groups is 1. The van der Waals surface area contributed by atoms with Crippen LogP contribution in [-0.2, 0) is 0 Å². The van der Waals surface area contributed by atoms with Gasteiger partial charge in [0.1, 0.15) is 0 Å². The Kier molecular flexibility index (Phi) is 7.45. The predicted molar refractivity (Wildman–Crippen MR) is 133 cm³/mol. The Bertz CT molecular complexity index is 1100. The zero-order chi connectivity index (χ0) is 23.4. The molecular formula is C24H28ClN3O4S. The summed E-state index contributed by atoms with van der Waals surface area (Å²) in [6, 6.07) is 9.24. The highest BCUT2D eigenvalue weighted by Gasteiger charge is 2.26. The Balaban J connectivity index is 1.50. The summed E-state index contributed by atoms with van der Waals surface area (Å²) in [7, 11) is 0. The standard InChI is InChI=1S/C24H28ClN3O4S/c1-4-30-19-13-16(14-20(31-5-2)22(19)32-6-3)23(29)27-9-11-28(12-10-27)24-26-18-8-7-17(25)15-21(18)33-24/h7-8,13-15H,4-6,9-12H2,1-3H3. The van der Waals surface area contributed by atoms with Crippen molar-refractivity contribution in [2.24, 2.45) is 0 Å². The van der Waals surface area contributed by atoms with Gasteiger partial charge in [0.25, 0.3) is 5.91 Å². The van der Waals surface area contributed by atoms with Crippen molar-refractivity contribution in [2.75, 3.05) is 50.9 Å². The summed E-state index contributed by atoms with van der Waals surface area (Å²) in [6.07, 6.45) is 0. The molecular weight excluding hydrogens is 462 g/mol. The molecule has 1 aromatic heterocycles. The molecule has 0 atom stereocenters. The zero-order valence-electron chi connectivity index (χ0n) is 19.1. The molecule has 2 heterocycles. The lowest BCUT2D eigenvalue weighted by molar-refractivity contribution is 0.0745. The van der Waals surface area contributed by atoms with E-state index >= 15 is 0 Å². The molecule has 9 heteroatoms. The number of halogens is 1. The quantitative estimate of drug-likeness (QED) is 0.438. The number of benzene rings is 2. The number of aromatic nitrogens is 1. The van der Waals surface area contributed by atoms with E-state index in [9.17, 15) is 4.79 Å². The molecule has 0 saturated carbocycles. The van der Waals surface area contributed by atoms with Gasteiger partial charge in [-0.05, 0) is 51.1 Å². The molecule has 3 aromatic rings. The number of hydrogen-bond acceptors (Lipinski definition) is 7. The van der Waals surface area contributed by atoms with Gasteiger partial charge < -0.3 is 24.0 Å².